The molecule has 2 saturated heterocycles. The summed E-state index contributed by atoms with van der Waals surface area (Å²) in [6.45, 7) is 0.676. The monoisotopic (exact) mass is 509 g/mol. The Morgan fingerprint density at radius 2 is 1.80 bits per heavy atom. The first-order valence-corrected chi connectivity index (χ1v) is 12.9. The van der Waals surface area contributed by atoms with E-state index >= 15 is 0 Å². The van der Waals surface area contributed by atoms with Gasteiger partial charge in [-0.1, -0.05) is 24.3 Å². The summed E-state index contributed by atoms with van der Waals surface area (Å²) in [5, 5.41) is 40.2. The largest absolute Gasteiger partial charge is 0.488 e. The third kappa shape index (κ3) is 5.68. The highest BCUT2D eigenvalue weighted by Crippen LogP contribution is 2.34. The summed E-state index contributed by atoms with van der Waals surface area (Å²) in [6, 6.07) is 11.8. The predicted molar refractivity (Wildman–Crippen MR) is 125 cm³/mol. The Balaban J connectivity index is 1.62. The number of sulfonamides is 1. The minimum absolute atomic E-state index is 0.0171. The SMILES string of the molecule is CNS(=O)(=O)c1ccc([C@@H]2O[C@H](CO)[C@@H](O)[C@H](O)[C@H]2O)cc1Cc1ccc(OC2CCOC2)cc1. The summed E-state index contributed by atoms with van der Waals surface area (Å²) < 4.78 is 44.5. The second-order valence-electron chi connectivity index (χ2n) is 8.75. The molecule has 4 rings (SSSR count). The smallest absolute Gasteiger partial charge is 0.240 e. The molecule has 0 bridgehead atoms. The van der Waals surface area contributed by atoms with Gasteiger partial charge >= 0.3 is 0 Å². The van der Waals surface area contributed by atoms with Crippen LogP contribution in [-0.4, -0.2) is 86.2 Å². The van der Waals surface area contributed by atoms with Gasteiger partial charge in [0.1, 0.15) is 42.4 Å². The van der Waals surface area contributed by atoms with Crippen molar-refractivity contribution in [3.63, 3.8) is 0 Å². The first kappa shape index (κ1) is 26.0. The van der Waals surface area contributed by atoms with E-state index in [1.807, 2.05) is 24.3 Å². The highest BCUT2D eigenvalue weighted by atomic mass is 32.2. The van der Waals surface area contributed by atoms with Crippen LogP contribution in [0.1, 0.15) is 29.2 Å². The summed E-state index contributed by atoms with van der Waals surface area (Å²) in [4.78, 5) is 0.0665. The van der Waals surface area contributed by atoms with Gasteiger partial charge in [-0.3, -0.25) is 0 Å². The molecule has 192 valence electrons. The zero-order valence-corrected chi connectivity index (χ0v) is 20.1. The third-order valence-corrected chi connectivity index (χ3v) is 7.89. The maximum Gasteiger partial charge on any atom is 0.240 e. The minimum Gasteiger partial charge on any atom is -0.488 e. The molecule has 11 heteroatoms. The van der Waals surface area contributed by atoms with Crippen LogP contribution in [0.15, 0.2) is 47.4 Å². The molecule has 0 spiro atoms. The Labute approximate surface area is 204 Å². The second-order valence-corrected chi connectivity index (χ2v) is 10.6. The first-order chi connectivity index (χ1) is 16.7. The molecule has 0 saturated carbocycles. The van der Waals surface area contributed by atoms with Crippen molar-refractivity contribution >= 4 is 10.0 Å². The zero-order chi connectivity index (χ0) is 25.2. The number of hydrogen-bond acceptors (Lipinski definition) is 9. The highest BCUT2D eigenvalue weighted by molar-refractivity contribution is 7.89. The maximum atomic E-state index is 12.7. The average Bonchev–Trinajstić information content (AvgIpc) is 3.37. The van der Waals surface area contributed by atoms with Gasteiger partial charge in [0.25, 0.3) is 0 Å². The molecule has 2 aromatic rings. The van der Waals surface area contributed by atoms with Crippen molar-refractivity contribution in [1.82, 2.24) is 4.72 Å². The van der Waals surface area contributed by atoms with E-state index in [-0.39, 0.29) is 17.4 Å². The van der Waals surface area contributed by atoms with Crippen LogP contribution >= 0.6 is 0 Å². The molecule has 10 nitrogen and oxygen atoms in total. The minimum atomic E-state index is -3.79. The molecule has 0 aliphatic carbocycles. The normalized spacial score (nSPS) is 29.3. The summed E-state index contributed by atoms with van der Waals surface area (Å²) in [6.07, 6.45) is -5.52. The van der Waals surface area contributed by atoms with Crippen LogP contribution in [0.4, 0.5) is 0 Å². The molecule has 2 fully saturated rings. The second kappa shape index (κ2) is 10.9. The first-order valence-electron chi connectivity index (χ1n) is 11.4. The number of aliphatic hydroxyl groups is 4. The van der Waals surface area contributed by atoms with Crippen LogP contribution in [0.2, 0.25) is 0 Å². The lowest BCUT2D eigenvalue weighted by atomic mass is 9.90. The van der Waals surface area contributed by atoms with Gasteiger partial charge in [0.05, 0.1) is 24.7 Å². The number of benzene rings is 2. The van der Waals surface area contributed by atoms with E-state index in [2.05, 4.69) is 4.72 Å². The Morgan fingerprint density at radius 1 is 1.06 bits per heavy atom. The van der Waals surface area contributed by atoms with E-state index in [4.69, 9.17) is 14.2 Å². The average molecular weight is 510 g/mol. The van der Waals surface area contributed by atoms with Gasteiger partial charge in [-0.25, -0.2) is 13.1 Å². The Kier molecular flexibility index (Phi) is 8.09. The number of rotatable bonds is 8. The number of ether oxygens (including phenoxy) is 3. The Bertz CT molecular complexity index is 1100. The molecular formula is C24H31NO9S. The standard InChI is InChI=1S/C24H31NO9S/c1-25-35(30,31)20-7-4-15(24-23(29)22(28)21(27)19(12-26)34-24)11-16(20)10-14-2-5-17(6-3-14)33-18-8-9-32-13-18/h2-7,11,18-19,21-29H,8-10,12-13H2,1H3/t18?,19-,21-,22+,23-,24+/m1/s1. The van der Waals surface area contributed by atoms with Gasteiger partial charge in [-0.15, -0.1) is 0 Å². The molecule has 0 amide bonds. The molecule has 0 radical (unpaired) electrons. The van der Waals surface area contributed by atoms with Gasteiger partial charge in [-0.05, 0) is 48.4 Å². The van der Waals surface area contributed by atoms with Crippen LogP contribution in [0.25, 0.3) is 0 Å². The molecule has 1 unspecified atom stereocenters. The molecule has 0 aromatic heterocycles. The molecule has 5 N–H and O–H groups in total. The maximum absolute atomic E-state index is 12.7. The van der Waals surface area contributed by atoms with Crippen LogP contribution in [0.3, 0.4) is 0 Å². The van der Waals surface area contributed by atoms with Crippen molar-refractivity contribution < 1.29 is 43.1 Å². The fraction of sp³-hybridized carbons (Fsp3) is 0.500. The molecule has 2 heterocycles. The van der Waals surface area contributed by atoms with Crippen molar-refractivity contribution in [3.8, 4) is 5.75 Å². The van der Waals surface area contributed by atoms with Crippen molar-refractivity contribution in [2.24, 2.45) is 0 Å². The molecule has 35 heavy (non-hydrogen) atoms. The molecule has 2 aliphatic rings. The van der Waals surface area contributed by atoms with Gasteiger partial charge in [0.2, 0.25) is 10.0 Å². The third-order valence-electron chi connectivity index (χ3n) is 6.37. The van der Waals surface area contributed by atoms with Gasteiger partial charge < -0.3 is 34.6 Å². The van der Waals surface area contributed by atoms with Crippen LogP contribution < -0.4 is 9.46 Å². The lowest BCUT2D eigenvalue weighted by Gasteiger charge is -2.40. The Hall–Kier alpha value is -2.09. The predicted octanol–water partition coefficient (Wildman–Crippen LogP) is -0.132. The number of aliphatic hydroxyl groups excluding tert-OH is 4. The fourth-order valence-electron chi connectivity index (χ4n) is 4.37. The van der Waals surface area contributed by atoms with E-state index in [0.29, 0.717) is 30.1 Å². The van der Waals surface area contributed by atoms with Gasteiger partial charge in [0, 0.05) is 6.42 Å². The van der Waals surface area contributed by atoms with Gasteiger partial charge in [0.15, 0.2) is 0 Å². The molecular weight excluding hydrogens is 478 g/mol. The van der Waals surface area contributed by atoms with Crippen LogP contribution in [0, 0.1) is 0 Å². The van der Waals surface area contributed by atoms with Crippen molar-refractivity contribution in [1.29, 1.82) is 0 Å². The van der Waals surface area contributed by atoms with E-state index < -0.39 is 47.2 Å². The van der Waals surface area contributed by atoms with E-state index in [1.54, 1.807) is 6.07 Å². The van der Waals surface area contributed by atoms with Crippen molar-refractivity contribution in [2.75, 3.05) is 26.9 Å². The fourth-order valence-corrected chi connectivity index (χ4v) is 5.31. The van der Waals surface area contributed by atoms with Crippen molar-refractivity contribution in [2.45, 2.75) is 54.4 Å². The number of hydrogen-bond donors (Lipinski definition) is 5. The summed E-state index contributed by atoms with van der Waals surface area (Å²) in [5.74, 6) is 0.697. The van der Waals surface area contributed by atoms with Crippen LogP contribution in [0.5, 0.6) is 5.75 Å². The zero-order valence-electron chi connectivity index (χ0n) is 19.3. The lowest BCUT2D eigenvalue weighted by molar-refractivity contribution is -0.231. The topological polar surface area (TPSA) is 155 Å². The van der Waals surface area contributed by atoms with Crippen LogP contribution in [-0.2, 0) is 25.9 Å². The molecule has 2 aliphatic heterocycles. The lowest BCUT2D eigenvalue weighted by Crippen LogP contribution is -2.55. The molecule has 6 atom stereocenters. The summed E-state index contributed by atoms with van der Waals surface area (Å²) in [5.41, 5.74) is 1.69. The Morgan fingerprint density at radius 3 is 2.43 bits per heavy atom. The quantitative estimate of drug-likeness (QED) is 0.327. The summed E-state index contributed by atoms with van der Waals surface area (Å²) >= 11 is 0. The van der Waals surface area contributed by atoms with E-state index in [1.165, 1.54) is 19.2 Å². The summed E-state index contributed by atoms with van der Waals surface area (Å²) in [7, 11) is -2.47. The van der Waals surface area contributed by atoms with Gasteiger partial charge in [-0.2, -0.15) is 0 Å². The highest BCUT2D eigenvalue weighted by Gasteiger charge is 2.44. The van der Waals surface area contributed by atoms with Crippen molar-refractivity contribution in [3.05, 3.63) is 59.2 Å². The van der Waals surface area contributed by atoms with E-state index in [9.17, 15) is 28.8 Å². The van der Waals surface area contributed by atoms with E-state index in [0.717, 1.165) is 12.0 Å². The molecule has 2 aromatic carbocycles. The number of nitrogens with one attached hydrogen (secondary N) is 1.